The van der Waals surface area contributed by atoms with E-state index in [1.165, 1.54) is 0 Å². The van der Waals surface area contributed by atoms with Crippen molar-refractivity contribution in [1.29, 1.82) is 0 Å². The molecule has 0 heterocycles. The molecule has 0 aromatic heterocycles. The molecule has 32 heavy (non-hydrogen) atoms. The van der Waals surface area contributed by atoms with Gasteiger partial charge in [-0.15, -0.1) is 0 Å². The molecule has 3 unspecified atom stereocenters. The summed E-state index contributed by atoms with van der Waals surface area (Å²) >= 11 is 0. The first-order chi connectivity index (χ1) is 14.8. The second-order valence-electron chi connectivity index (χ2n) is 7.46. The van der Waals surface area contributed by atoms with Crippen LogP contribution in [0.15, 0.2) is 4.99 Å². The number of aliphatic carboxylic acids is 1. The summed E-state index contributed by atoms with van der Waals surface area (Å²) in [5, 5.41) is 16.0. The van der Waals surface area contributed by atoms with E-state index in [9.17, 15) is 24.0 Å². The molecule has 0 rings (SSSR count). The van der Waals surface area contributed by atoms with Gasteiger partial charge in [-0.05, 0) is 25.2 Å². The molecule has 4 amide bonds. The van der Waals surface area contributed by atoms with Crippen LogP contribution in [-0.4, -0.2) is 71.9 Å². The SMILES string of the molecule is CC(C)C(NC(=O)C(CCCN=C(N)N)NC(=O)C(N)CCC(N)=O)C(=O)NCC(=O)O. The molecule has 182 valence electrons. The lowest BCUT2D eigenvalue weighted by molar-refractivity contribution is -0.139. The number of rotatable bonds is 15. The number of carbonyl (C=O) groups excluding carboxylic acids is 4. The normalized spacial score (nSPS) is 13.4. The van der Waals surface area contributed by atoms with Gasteiger partial charge in [-0.3, -0.25) is 29.0 Å². The van der Waals surface area contributed by atoms with Gasteiger partial charge >= 0.3 is 5.97 Å². The second kappa shape index (κ2) is 14.6. The van der Waals surface area contributed by atoms with Crippen LogP contribution in [0.2, 0.25) is 0 Å². The summed E-state index contributed by atoms with van der Waals surface area (Å²) in [7, 11) is 0. The largest absolute Gasteiger partial charge is 0.480 e. The zero-order chi connectivity index (χ0) is 24.8. The molecule has 0 aliphatic heterocycles. The molecule has 3 atom stereocenters. The number of amides is 4. The first kappa shape index (κ1) is 28.6. The van der Waals surface area contributed by atoms with Gasteiger partial charge in [0.1, 0.15) is 18.6 Å². The maximum Gasteiger partial charge on any atom is 0.322 e. The minimum Gasteiger partial charge on any atom is -0.480 e. The highest BCUT2D eigenvalue weighted by Gasteiger charge is 2.29. The molecule has 0 aromatic rings. The van der Waals surface area contributed by atoms with Gasteiger partial charge in [-0.2, -0.15) is 0 Å². The van der Waals surface area contributed by atoms with Crippen LogP contribution >= 0.6 is 0 Å². The molecule has 0 aliphatic rings. The highest BCUT2D eigenvalue weighted by Crippen LogP contribution is 2.06. The van der Waals surface area contributed by atoms with Crippen LogP contribution in [0, 0.1) is 5.92 Å². The number of nitrogens with one attached hydrogen (secondary N) is 3. The Kier molecular flexibility index (Phi) is 13.0. The van der Waals surface area contributed by atoms with Crippen molar-refractivity contribution >= 4 is 35.6 Å². The van der Waals surface area contributed by atoms with Crippen LogP contribution in [0.4, 0.5) is 0 Å². The molecule has 0 aromatic carbocycles. The molecule has 14 nitrogen and oxygen atoms in total. The van der Waals surface area contributed by atoms with Crippen LogP contribution in [0.5, 0.6) is 0 Å². The van der Waals surface area contributed by atoms with Gasteiger partial charge < -0.3 is 44.0 Å². The number of nitrogens with zero attached hydrogens (tertiary/aromatic N) is 1. The zero-order valence-electron chi connectivity index (χ0n) is 18.3. The van der Waals surface area contributed by atoms with Crippen molar-refractivity contribution in [3.8, 4) is 0 Å². The lowest BCUT2D eigenvalue weighted by Gasteiger charge is -2.25. The number of nitrogens with two attached hydrogens (primary N) is 4. The minimum atomic E-state index is -1.23. The number of guanidine groups is 1. The fraction of sp³-hybridized carbons (Fsp3) is 0.667. The van der Waals surface area contributed by atoms with E-state index in [-0.39, 0.29) is 37.7 Å². The molecular weight excluding hydrogens is 424 g/mol. The van der Waals surface area contributed by atoms with E-state index in [1.54, 1.807) is 13.8 Å². The van der Waals surface area contributed by atoms with Crippen molar-refractivity contribution in [2.75, 3.05) is 13.1 Å². The Morgan fingerprint density at radius 2 is 1.56 bits per heavy atom. The third kappa shape index (κ3) is 12.3. The van der Waals surface area contributed by atoms with E-state index in [0.29, 0.717) is 6.42 Å². The molecule has 0 spiro atoms. The predicted octanol–water partition coefficient (Wildman–Crippen LogP) is -3.54. The third-order valence-corrected chi connectivity index (χ3v) is 4.28. The number of hydrogen-bond acceptors (Lipinski definition) is 7. The smallest absolute Gasteiger partial charge is 0.322 e. The van der Waals surface area contributed by atoms with Crippen molar-refractivity contribution in [3.63, 3.8) is 0 Å². The lowest BCUT2D eigenvalue weighted by atomic mass is 10.0. The zero-order valence-corrected chi connectivity index (χ0v) is 18.3. The number of primary amides is 1. The molecule has 0 fully saturated rings. The van der Waals surface area contributed by atoms with Crippen LogP contribution in [-0.2, 0) is 24.0 Å². The van der Waals surface area contributed by atoms with Gasteiger partial charge in [0.15, 0.2) is 5.96 Å². The Morgan fingerprint density at radius 1 is 0.938 bits per heavy atom. The van der Waals surface area contributed by atoms with Crippen LogP contribution in [0.25, 0.3) is 0 Å². The third-order valence-electron chi connectivity index (χ3n) is 4.28. The molecule has 12 N–H and O–H groups in total. The first-order valence-corrected chi connectivity index (χ1v) is 10.0. The first-order valence-electron chi connectivity index (χ1n) is 10.0. The van der Waals surface area contributed by atoms with Crippen molar-refractivity contribution in [2.24, 2.45) is 33.8 Å². The second-order valence-corrected chi connectivity index (χ2v) is 7.46. The van der Waals surface area contributed by atoms with E-state index in [4.69, 9.17) is 28.0 Å². The van der Waals surface area contributed by atoms with Gasteiger partial charge in [0, 0.05) is 13.0 Å². The molecule has 0 bridgehead atoms. The van der Waals surface area contributed by atoms with E-state index < -0.39 is 54.3 Å². The Balaban J connectivity index is 5.29. The van der Waals surface area contributed by atoms with Crippen molar-refractivity contribution in [3.05, 3.63) is 0 Å². The number of carboxylic acids is 1. The van der Waals surface area contributed by atoms with Gasteiger partial charge in [-0.25, -0.2) is 0 Å². The summed E-state index contributed by atoms with van der Waals surface area (Å²) in [5.74, 6) is -4.38. The quantitative estimate of drug-likeness (QED) is 0.0685. The maximum atomic E-state index is 12.8. The summed E-state index contributed by atoms with van der Waals surface area (Å²) in [6, 6.07) is -3.19. The molecule has 0 aliphatic carbocycles. The van der Waals surface area contributed by atoms with Crippen molar-refractivity contribution < 1.29 is 29.1 Å². The average Bonchev–Trinajstić information content (AvgIpc) is 2.69. The molecule has 0 radical (unpaired) electrons. The van der Waals surface area contributed by atoms with E-state index in [0.717, 1.165) is 0 Å². The fourth-order valence-electron chi connectivity index (χ4n) is 2.54. The van der Waals surface area contributed by atoms with Gasteiger partial charge in [0.25, 0.3) is 0 Å². The van der Waals surface area contributed by atoms with Crippen molar-refractivity contribution in [1.82, 2.24) is 16.0 Å². The van der Waals surface area contributed by atoms with Gasteiger partial charge in [0.2, 0.25) is 23.6 Å². The standard InChI is InChI=1S/C18H34N8O6/c1-9(2)14(17(32)24-8-13(28)29)26-16(31)11(4-3-7-23-18(21)22)25-15(30)10(19)5-6-12(20)27/h9-11,14H,3-8,19H2,1-2H3,(H2,20,27)(H,24,32)(H,25,30)(H,26,31)(H,28,29)(H4,21,22,23). The Hall–Kier alpha value is -3.42. The van der Waals surface area contributed by atoms with Gasteiger partial charge in [-0.1, -0.05) is 13.8 Å². The lowest BCUT2D eigenvalue weighted by Crippen LogP contribution is -2.57. The summed E-state index contributed by atoms with van der Waals surface area (Å²) in [6.07, 6.45) is 0.341. The van der Waals surface area contributed by atoms with E-state index in [2.05, 4.69) is 20.9 Å². The highest BCUT2D eigenvalue weighted by atomic mass is 16.4. The Labute approximate surface area is 185 Å². The van der Waals surface area contributed by atoms with Crippen molar-refractivity contribution in [2.45, 2.75) is 57.7 Å². The summed E-state index contributed by atoms with van der Waals surface area (Å²) in [5.41, 5.74) is 21.3. The summed E-state index contributed by atoms with van der Waals surface area (Å²) in [4.78, 5) is 62.9. The van der Waals surface area contributed by atoms with E-state index >= 15 is 0 Å². The van der Waals surface area contributed by atoms with Crippen LogP contribution in [0.3, 0.4) is 0 Å². The molecule has 14 heteroatoms. The maximum absolute atomic E-state index is 12.8. The summed E-state index contributed by atoms with van der Waals surface area (Å²) < 4.78 is 0. The summed E-state index contributed by atoms with van der Waals surface area (Å²) in [6.45, 7) is 2.92. The molecule has 0 saturated carbocycles. The van der Waals surface area contributed by atoms with E-state index in [1.807, 2.05) is 0 Å². The van der Waals surface area contributed by atoms with Crippen LogP contribution in [0.1, 0.15) is 39.5 Å². The monoisotopic (exact) mass is 458 g/mol. The Bertz CT molecular complexity index is 708. The number of carbonyl (C=O) groups is 5. The number of carboxylic acid groups (broad SMARTS) is 1. The average molecular weight is 459 g/mol. The number of aliphatic imine (C=N–C) groups is 1. The number of hydrogen-bond donors (Lipinski definition) is 8. The van der Waals surface area contributed by atoms with Crippen LogP contribution < -0.4 is 38.9 Å². The molecular formula is C18H34N8O6. The van der Waals surface area contributed by atoms with Gasteiger partial charge in [0.05, 0.1) is 6.04 Å². The predicted molar refractivity (Wildman–Crippen MR) is 116 cm³/mol. The topological polar surface area (TPSA) is 258 Å². The molecule has 0 saturated heterocycles. The minimum absolute atomic E-state index is 0.00425. The Morgan fingerprint density at radius 3 is 2.06 bits per heavy atom. The highest BCUT2D eigenvalue weighted by molar-refractivity contribution is 5.93. The fourth-order valence-corrected chi connectivity index (χ4v) is 2.54.